The zero-order valence-corrected chi connectivity index (χ0v) is 11.8. The van der Waals surface area contributed by atoms with Crippen LogP contribution in [-0.4, -0.2) is 36.5 Å². The van der Waals surface area contributed by atoms with Gasteiger partial charge in [0.05, 0.1) is 10.6 Å². The normalized spacial score (nSPS) is 18.9. The Morgan fingerprint density at radius 3 is 2.74 bits per heavy atom. The molecule has 19 heavy (non-hydrogen) atoms. The molecule has 1 heterocycles. The van der Waals surface area contributed by atoms with Gasteiger partial charge in [-0.1, -0.05) is 11.6 Å². The third kappa shape index (κ3) is 3.35. The summed E-state index contributed by atoms with van der Waals surface area (Å²) >= 11 is 5.46. The van der Waals surface area contributed by atoms with E-state index in [0.717, 1.165) is 12.1 Å². The van der Waals surface area contributed by atoms with Gasteiger partial charge < -0.3 is 10.2 Å². The molecule has 2 rings (SSSR count). The highest BCUT2D eigenvalue weighted by Crippen LogP contribution is 2.21. The smallest absolute Gasteiger partial charge is 0.257 e. The van der Waals surface area contributed by atoms with Crippen LogP contribution >= 0.6 is 24.0 Å². The summed E-state index contributed by atoms with van der Waals surface area (Å²) in [4.78, 5) is 13.7. The molecule has 0 unspecified atom stereocenters. The van der Waals surface area contributed by atoms with E-state index >= 15 is 0 Å². The highest BCUT2D eigenvalue weighted by atomic mass is 35.5. The Morgan fingerprint density at radius 2 is 2.11 bits per heavy atom. The second kappa shape index (κ2) is 6.50. The minimum absolute atomic E-state index is 0. The molecule has 1 amide bonds. The molecule has 0 spiro atoms. The second-order valence-electron chi connectivity index (χ2n) is 4.30. The number of hydrogen-bond acceptors (Lipinski definition) is 2. The third-order valence-corrected chi connectivity index (χ3v) is 3.29. The lowest BCUT2D eigenvalue weighted by Crippen LogP contribution is -2.52. The fourth-order valence-corrected chi connectivity index (χ4v) is 2.13. The number of hydrogen-bond donors (Lipinski definition) is 1. The summed E-state index contributed by atoms with van der Waals surface area (Å²) in [6.07, 6.45) is 0. The van der Waals surface area contributed by atoms with Gasteiger partial charge in [0.25, 0.3) is 5.91 Å². The molecule has 0 aliphatic carbocycles. The monoisotopic (exact) mass is 310 g/mol. The average Bonchev–Trinajstić information content (AvgIpc) is 2.33. The van der Waals surface area contributed by atoms with Gasteiger partial charge in [0.2, 0.25) is 0 Å². The molecular weight excluding hydrogens is 297 g/mol. The number of carbonyl (C=O) groups is 1. The van der Waals surface area contributed by atoms with Crippen LogP contribution in [0.1, 0.15) is 17.3 Å². The van der Waals surface area contributed by atoms with E-state index in [9.17, 15) is 13.6 Å². The van der Waals surface area contributed by atoms with Crippen LogP contribution in [-0.2, 0) is 0 Å². The molecule has 0 radical (unpaired) electrons. The summed E-state index contributed by atoms with van der Waals surface area (Å²) < 4.78 is 27.0. The summed E-state index contributed by atoms with van der Waals surface area (Å²) in [5, 5.41) is 2.80. The maximum atomic E-state index is 13.6. The van der Waals surface area contributed by atoms with E-state index in [1.54, 1.807) is 0 Å². The van der Waals surface area contributed by atoms with Crippen LogP contribution in [0, 0.1) is 11.6 Å². The molecule has 0 bridgehead atoms. The van der Waals surface area contributed by atoms with Gasteiger partial charge in [-0.2, -0.15) is 0 Å². The van der Waals surface area contributed by atoms with E-state index in [2.05, 4.69) is 5.32 Å². The largest absolute Gasteiger partial charge is 0.333 e. The van der Waals surface area contributed by atoms with Crippen LogP contribution in [0.4, 0.5) is 8.78 Å². The summed E-state index contributed by atoms with van der Waals surface area (Å²) in [5.41, 5.74) is -0.273. The Bertz CT molecular complexity index is 485. The van der Waals surface area contributed by atoms with E-state index in [4.69, 9.17) is 11.6 Å². The first-order valence-corrected chi connectivity index (χ1v) is 6.04. The molecule has 1 aromatic carbocycles. The quantitative estimate of drug-likeness (QED) is 0.808. The number of rotatable bonds is 1. The number of amides is 1. The number of benzene rings is 1. The first kappa shape index (κ1) is 16.1. The van der Waals surface area contributed by atoms with Crippen LogP contribution < -0.4 is 5.32 Å². The van der Waals surface area contributed by atoms with E-state index in [-0.39, 0.29) is 29.0 Å². The molecule has 3 nitrogen and oxygen atoms in total. The fraction of sp³-hybridized carbons (Fsp3) is 0.417. The van der Waals surface area contributed by atoms with Crippen molar-refractivity contribution >= 4 is 29.9 Å². The first-order chi connectivity index (χ1) is 8.50. The Morgan fingerprint density at radius 1 is 1.42 bits per heavy atom. The Hall–Kier alpha value is -0.910. The van der Waals surface area contributed by atoms with Crippen molar-refractivity contribution in [2.75, 3.05) is 19.6 Å². The first-order valence-electron chi connectivity index (χ1n) is 5.67. The molecule has 1 aromatic rings. The number of nitrogens with one attached hydrogen (secondary N) is 1. The zero-order valence-electron chi connectivity index (χ0n) is 10.3. The molecule has 1 fully saturated rings. The van der Waals surface area contributed by atoms with Crippen molar-refractivity contribution in [1.29, 1.82) is 0 Å². The Labute approximate surface area is 121 Å². The van der Waals surface area contributed by atoms with Crippen LogP contribution in [0.3, 0.4) is 0 Å². The second-order valence-corrected chi connectivity index (χ2v) is 4.71. The molecule has 106 valence electrons. The Kier molecular flexibility index (Phi) is 5.52. The van der Waals surface area contributed by atoms with Gasteiger partial charge in [0, 0.05) is 25.7 Å². The highest BCUT2D eigenvalue weighted by molar-refractivity contribution is 6.30. The van der Waals surface area contributed by atoms with Crippen LogP contribution in [0.2, 0.25) is 5.02 Å². The molecule has 1 N–H and O–H groups in total. The van der Waals surface area contributed by atoms with Gasteiger partial charge in [-0.3, -0.25) is 4.79 Å². The molecule has 1 aliphatic heterocycles. The number of piperazine rings is 1. The topological polar surface area (TPSA) is 32.3 Å². The SMILES string of the molecule is C[C@H]1CNCCN1C(=O)c1cc(F)c(Cl)cc1F.Cl. The summed E-state index contributed by atoms with van der Waals surface area (Å²) in [5.74, 6) is -2.08. The van der Waals surface area contributed by atoms with Gasteiger partial charge in [-0.25, -0.2) is 8.78 Å². The fourth-order valence-electron chi connectivity index (χ4n) is 1.98. The van der Waals surface area contributed by atoms with Crippen molar-refractivity contribution in [1.82, 2.24) is 10.2 Å². The van der Waals surface area contributed by atoms with Gasteiger partial charge in [0.15, 0.2) is 0 Å². The van der Waals surface area contributed by atoms with Gasteiger partial charge in [-0.15, -0.1) is 12.4 Å². The highest BCUT2D eigenvalue weighted by Gasteiger charge is 2.26. The number of nitrogens with zero attached hydrogens (tertiary/aromatic N) is 1. The van der Waals surface area contributed by atoms with Gasteiger partial charge in [0.1, 0.15) is 11.6 Å². The van der Waals surface area contributed by atoms with Gasteiger partial charge >= 0.3 is 0 Å². The number of carbonyl (C=O) groups excluding carboxylic acids is 1. The van der Waals surface area contributed by atoms with Crippen molar-refractivity contribution in [3.05, 3.63) is 34.4 Å². The van der Waals surface area contributed by atoms with Crippen molar-refractivity contribution in [3.8, 4) is 0 Å². The minimum Gasteiger partial charge on any atom is -0.333 e. The van der Waals surface area contributed by atoms with E-state index in [1.165, 1.54) is 4.90 Å². The molecule has 7 heteroatoms. The van der Waals surface area contributed by atoms with E-state index in [1.807, 2.05) is 6.92 Å². The van der Waals surface area contributed by atoms with E-state index < -0.39 is 17.5 Å². The molecule has 1 atom stereocenters. The standard InChI is InChI=1S/C12H13ClF2N2O.ClH/c1-7-6-16-2-3-17(7)12(18)8-4-11(15)9(13)5-10(8)14;/h4-5,7,16H,2-3,6H2,1H3;1H/t7-;/m0./s1. The summed E-state index contributed by atoms with van der Waals surface area (Å²) in [7, 11) is 0. The maximum absolute atomic E-state index is 13.6. The lowest BCUT2D eigenvalue weighted by Gasteiger charge is -2.34. The molecule has 0 saturated carbocycles. The van der Waals surface area contributed by atoms with Crippen LogP contribution in [0.15, 0.2) is 12.1 Å². The summed E-state index contributed by atoms with van der Waals surface area (Å²) in [6.45, 7) is 3.62. The molecule has 1 aliphatic rings. The molecular formula is C12H14Cl2F2N2O. The number of halogens is 4. The van der Waals surface area contributed by atoms with Crippen molar-refractivity contribution in [3.63, 3.8) is 0 Å². The van der Waals surface area contributed by atoms with Crippen molar-refractivity contribution in [2.45, 2.75) is 13.0 Å². The maximum Gasteiger partial charge on any atom is 0.257 e. The molecule has 1 saturated heterocycles. The predicted octanol–water partition coefficient (Wildman–Crippen LogP) is 2.47. The average molecular weight is 311 g/mol. The zero-order chi connectivity index (χ0) is 13.3. The third-order valence-electron chi connectivity index (χ3n) is 3.00. The van der Waals surface area contributed by atoms with Gasteiger partial charge in [-0.05, 0) is 19.1 Å². The minimum atomic E-state index is -0.794. The predicted molar refractivity (Wildman–Crippen MR) is 72.0 cm³/mol. The van der Waals surface area contributed by atoms with E-state index in [0.29, 0.717) is 19.6 Å². The van der Waals surface area contributed by atoms with Crippen molar-refractivity contribution < 1.29 is 13.6 Å². The van der Waals surface area contributed by atoms with Crippen LogP contribution in [0.25, 0.3) is 0 Å². The Balaban J connectivity index is 0.00000180. The van der Waals surface area contributed by atoms with Crippen molar-refractivity contribution in [2.24, 2.45) is 0 Å². The summed E-state index contributed by atoms with van der Waals surface area (Å²) in [6, 6.07) is 1.63. The lowest BCUT2D eigenvalue weighted by molar-refractivity contribution is 0.0650. The lowest BCUT2D eigenvalue weighted by atomic mass is 10.1. The van der Waals surface area contributed by atoms with Crippen LogP contribution in [0.5, 0.6) is 0 Å². The molecule has 0 aromatic heterocycles.